The summed E-state index contributed by atoms with van der Waals surface area (Å²) in [4.78, 5) is 38.6. The molecule has 2 amide bonds. The molecule has 3 aliphatic rings. The zero-order valence-corrected chi connectivity index (χ0v) is 24.8. The van der Waals surface area contributed by atoms with Crippen molar-refractivity contribution in [3.05, 3.63) is 23.2 Å². The number of ether oxygens (including phenoxy) is 2. The molecule has 2 atom stereocenters. The second-order valence-electron chi connectivity index (χ2n) is 12.2. The van der Waals surface area contributed by atoms with Crippen molar-refractivity contribution in [2.75, 3.05) is 31.1 Å². The van der Waals surface area contributed by atoms with E-state index >= 15 is 0 Å². The summed E-state index contributed by atoms with van der Waals surface area (Å²) in [5.74, 6) is -2.30. The number of piperazine rings is 1. The molecule has 3 aliphatic heterocycles. The van der Waals surface area contributed by atoms with Crippen LogP contribution in [0.1, 0.15) is 44.0 Å². The van der Waals surface area contributed by atoms with Crippen LogP contribution in [0.3, 0.4) is 0 Å². The van der Waals surface area contributed by atoms with Gasteiger partial charge in [0.2, 0.25) is 0 Å². The van der Waals surface area contributed by atoms with Crippen LogP contribution < -0.4 is 9.64 Å². The van der Waals surface area contributed by atoms with Gasteiger partial charge in [-0.25, -0.2) is 9.78 Å². The van der Waals surface area contributed by atoms with Crippen molar-refractivity contribution < 1.29 is 54.9 Å². The quantitative estimate of drug-likeness (QED) is 0.376. The normalized spacial score (nSPS) is 21.7. The molecule has 2 unspecified atom stereocenters. The second-order valence-corrected chi connectivity index (χ2v) is 13.1. The first-order chi connectivity index (χ1) is 20.8. The Morgan fingerprint density at radius 2 is 1.73 bits per heavy atom. The lowest BCUT2D eigenvalue weighted by Crippen LogP contribution is -2.70. The van der Waals surface area contributed by atoms with E-state index in [-0.39, 0.29) is 47.3 Å². The number of amides is 2. The zero-order valence-electron chi connectivity index (χ0n) is 24.0. The topological polar surface area (TPSA) is 121 Å². The predicted octanol–water partition coefficient (Wildman–Crippen LogP) is 5.19. The Morgan fingerprint density at radius 3 is 2.27 bits per heavy atom. The maximum atomic E-state index is 13.7. The molecule has 0 aliphatic carbocycles. The highest BCUT2D eigenvalue weighted by Crippen LogP contribution is 2.45. The van der Waals surface area contributed by atoms with Crippen molar-refractivity contribution in [1.29, 1.82) is 0 Å². The molecule has 3 aromatic rings. The minimum Gasteiger partial charge on any atom is -0.444 e. The SMILES string of the molecule is CC(C)(C)OC(=O)N1C2CCC1CN(c1nc3c(OC(F)(F)F)c(C(=O)N4CC(O)(C(F)(F)F)C4)cc(-c4nccs4)c3o1)C2. The molecule has 0 spiro atoms. The zero-order chi connectivity index (χ0) is 32.7. The number of oxazole rings is 1. The molecule has 0 radical (unpaired) electrons. The van der Waals surface area contributed by atoms with Gasteiger partial charge in [-0.3, -0.25) is 9.69 Å². The average Bonchev–Trinajstić information content (AvgIpc) is 3.63. The third-order valence-electron chi connectivity index (χ3n) is 7.80. The van der Waals surface area contributed by atoms with E-state index in [1.807, 2.05) is 0 Å². The molecule has 5 heterocycles. The summed E-state index contributed by atoms with van der Waals surface area (Å²) in [5.41, 5.74) is -5.26. The number of benzene rings is 1. The van der Waals surface area contributed by atoms with Gasteiger partial charge in [0.25, 0.3) is 11.9 Å². The highest BCUT2D eigenvalue weighted by Gasteiger charge is 2.62. The lowest BCUT2D eigenvalue weighted by Gasteiger charge is -2.46. The number of halogens is 6. The van der Waals surface area contributed by atoms with E-state index in [9.17, 15) is 41.0 Å². The van der Waals surface area contributed by atoms with E-state index in [0.29, 0.717) is 17.7 Å². The third-order valence-corrected chi connectivity index (χ3v) is 8.60. The van der Waals surface area contributed by atoms with Gasteiger partial charge in [0.05, 0.1) is 36.3 Å². The Kier molecular flexibility index (Phi) is 7.18. The van der Waals surface area contributed by atoms with Gasteiger partial charge in [0.15, 0.2) is 22.5 Å². The van der Waals surface area contributed by atoms with Crippen molar-refractivity contribution in [2.24, 2.45) is 0 Å². The third kappa shape index (κ3) is 5.73. The van der Waals surface area contributed by atoms with E-state index in [1.165, 1.54) is 6.20 Å². The largest absolute Gasteiger partial charge is 0.573 e. The van der Waals surface area contributed by atoms with Crippen molar-refractivity contribution in [3.63, 3.8) is 0 Å². The Labute approximate surface area is 255 Å². The van der Waals surface area contributed by atoms with Crippen LogP contribution in [0.5, 0.6) is 5.75 Å². The number of carbonyl (C=O) groups is 2. The molecule has 45 heavy (non-hydrogen) atoms. The minimum absolute atomic E-state index is 0.0681. The van der Waals surface area contributed by atoms with E-state index < -0.39 is 65.7 Å². The number of aromatic nitrogens is 2. The summed E-state index contributed by atoms with van der Waals surface area (Å²) in [6.07, 6.45) is -8.15. The molecule has 2 aromatic heterocycles. The van der Waals surface area contributed by atoms with E-state index in [0.717, 1.165) is 17.4 Å². The van der Waals surface area contributed by atoms with Gasteiger partial charge >= 0.3 is 18.6 Å². The molecule has 11 nitrogen and oxygen atoms in total. The standard InChI is InChI=1S/C27H27F6N5O6S/c1-24(2,3)44-23(40)38-13-4-5-14(38)10-36(9-13)22-35-17-18(42-22)15(20-34-6-7-45-20)8-16(19(17)43-27(31,32)33)21(39)37-11-25(41,12-37)26(28,29)30/h6-8,13-14,41H,4-5,9-12H2,1-3H3. The Balaban J connectivity index is 1.40. The minimum atomic E-state index is -5.32. The molecule has 0 saturated carbocycles. The van der Waals surface area contributed by atoms with Gasteiger partial charge in [-0.15, -0.1) is 24.5 Å². The number of hydrogen-bond donors (Lipinski definition) is 1. The molecular weight excluding hydrogens is 636 g/mol. The number of likely N-dealkylation sites (tertiary alicyclic amines) is 1. The lowest BCUT2D eigenvalue weighted by atomic mass is 9.92. The van der Waals surface area contributed by atoms with Crippen LogP contribution >= 0.6 is 11.3 Å². The van der Waals surface area contributed by atoms with Crippen LogP contribution in [0.2, 0.25) is 0 Å². The van der Waals surface area contributed by atoms with Gasteiger partial charge in [0, 0.05) is 24.7 Å². The molecule has 1 aromatic carbocycles. The van der Waals surface area contributed by atoms with E-state index in [4.69, 9.17) is 9.15 Å². The first-order valence-corrected chi connectivity index (χ1v) is 14.7. The van der Waals surface area contributed by atoms with E-state index in [1.54, 1.807) is 36.0 Å². The molecular formula is C27H27F6N5O6S. The molecule has 18 heteroatoms. The van der Waals surface area contributed by atoms with Crippen LogP contribution in [0, 0.1) is 0 Å². The summed E-state index contributed by atoms with van der Waals surface area (Å²) in [6.45, 7) is 3.33. The van der Waals surface area contributed by atoms with Crippen LogP contribution in [0.25, 0.3) is 21.7 Å². The number of alkyl halides is 6. The Morgan fingerprint density at radius 1 is 1.09 bits per heavy atom. The fourth-order valence-electron chi connectivity index (χ4n) is 5.83. The van der Waals surface area contributed by atoms with Gasteiger partial charge < -0.3 is 28.8 Å². The Bertz CT molecular complexity index is 1620. The fraction of sp³-hybridized carbons (Fsp3) is 0.556. The predicted molar refractivity (Wildman–Crippen MR) is 146 cm³/mol. The highest BCUT2D eigenvalue weighted by atomic mass is 32.1. The first kappa shape index (κ1) is 31.2. The average molecular weight is 664 g/mol. The molecule has 3 fully saturated rings. The van der Waals surface area contributed by atoms with Crippen LogP contribution in [-0.2, 0) is 4.74 Å². The van der Waals surface area contributed by atoms with Gasteiger partial charge in [-0.1, -0.05) is 0 Å². The maximum absolute atomic E-state index is 13.7. The number of fused-ring (bicyclic) bond motifs is 3. The van der Waals surface area contributed by atoms with E-state index in [2.05, 4.69) is 14.7 Å². The summed E-state index contributed by atoms with van der Waals surface area (Å²) < 4.78 is 96.7. The number of anilines is 1. The van der Waals surface area contributed by atoms with Crippen LogP contribution in [0.15, 0.2) is 22.1 Å². The molecule has 6 rings (SSSR count). The van der Waals surface area contributed by atoms with Crippen molar-refractivity contribution in [3.8, 4) is 16.3 Å². The monoisotopic (exact) mass is 663 g/mol. The van der Waals surface area contributed by atoms with Crippen molar-refractivity contribution in [1.82, 2.24) is 19.8 Å². The van der Waals surface area contributed by atoms with Gasteiger partial charge in [0.1, 0.15) is 10.6 Å². The van der Waals surface area contributed by atoms with Crippen molar-refractivity contribution >= 4 is 40.5 Å². The van der Waals surface area contributed by atoms with Gasteiger partial charge in [-0.2, -0.15) is 18.2 Å². The number of nitrogens with zero attached hydrogens (tertiary/aromatic N) is 5. The Hall–Kier alpha value is -3.80. The number of hydrogen-bond acceptors (Lipinski definition) is 10. The van der Waals surface area contributed by atoms with Crippen molar-refractivity contribution in [2.45, 2.75) is 69.4 Å². The smallest absolute Gasteiger partial charge is 0.444 e. The van der Waals surface area contributed by atoms with Gasteiger partial charge in [-0.05, 0) is 39.7 Å². The molecule has 2 bridgehead atoms. The number of β-amino-alcohol motifs (C(OH)–C–C–N with tert-alkyl or cyclic N) is 1. The molecule has 3 saturated heterocycles. The maximum Gasteiger partial charge on any atom is 0.573 e. The summed E-state index contributed by atoms with van der Waals surface area (Å²) in [5, 5.41) is 11.7. The molecule has 1 N–H and O–H groups in total. The summed E-state index contributed by atoms with van der Waals surface area (Å²) in [6, 6.07) is 0.313. The number of thiazole rings is 1. The number of aliphatic hydroxyl groups is 1. The second kappa shape index (κ2) is 10.4. The number of carbonyl (C=O) groups excluding carboxylic acids is 2. The summed E-state index contributed by atoms with van der Waals surface area (Å²) in [7, 11) is 0. The van der Waals surface area contributed by atoms with Crippen LogP contribution in [-0.4, -0.2) is 98.9 Å². The molecule has 244 valence electrons. The fourth-order valence-corrected chi connectivity index (χ4v) is 6.48. The summed E-state index contributed by atoms with van der Waals surface area (Å²) >= 11 is 1.08. The van der Waals surface area contributed by atoms with Crippen LogP contribution in [0.4, 0.5) is 37.2 Å². The number of rotatable bonds is 4. The first-order valence-electron chi connectivity index (χ1n) is 13.8. The highest BCUT2D eigenvalue weighted by molar-refractivity contribution is 7.13. The lowest BCUT2D eigenvalue weighted by molar-refractivity contribution is -0.294.